The van der Waals surface area contributed by atoms with Crippen LogP contribution >= 0.6 is 0 Å². The molecule has 1 unspecified atom stereocenters. The number of aromatic amines is 1. The zero-order valence-corrected chi connectivity index (χ0v) is 18.4. The van der Waals surface area contributed by atoms with E-state index in [0.29, 0.717) is 24.4 Å². The molecule has 1 saturated heterocycles. The van der Waals surface area contributed by atoms with Gasteiger partial charge in [0.15, 0.2) is 0 Å². The van der Waals surface area contributed by atoms with Gasteiger partial charge in [-0.2, -0.15) is 18.3 Å². The van der Waals surface area contributed by atoms with E-state index < -0.39 is 23.7 Å². The summed E-state index contributed by atoms with van der Waals surface area (Å²) in [4.78, 5) is 28.5. The molecule has 33 heavy (non-hydrogen) atoms. The van der Waals surface area contributed by atoms with Crippen LogP contribution in [0.5, 0.6) is 0 Å². The molecule has 0 saturated carbocycles. The largest absolute Gasteiger partial charge is 0.418 e. The molecule has 2 aliphatic rings. The van der Waals surface area contributed by atoms with Crippen LogP contribution in [0.25, 0.3) is 11.4 Å². The van der Waals surface area contributed by atoms with E-state index in [4.69, 9.17) is 4.98 Å². The van der Waals surface area contributed by atoms with E-state index in [1.807, 2.05) is 13.0 Å². The third-order valence-corrected chi connectivity index (χ3v) is 6.70. The number of hydrogen-bond donors (Lipinski definition) is 1. The zero-order valence-electron chi connectivity index (χ0n) is 18.4. The monoisotopic (exact) mass is 456 g/mol. The molecule has 1 fully saturated rings. The lowest BCUT2D eigenvalue weighted by molar-refractivity contribution is -0.138. The molecular formula is C23H23F3N6O. The fourth-order valence-electron chi connectivity index (χ4n) is 5.30. The summed E-state index contributed by atoms with van der Waals surface area (Å²) in [5.74, 6) is -0.0532. The van der Waals surface area contributed by atoms with Crippen LogP contribution in [0.2, 0.25) is 0 Å². The Hall–Kier alpha value is -3.30. The number of piperidine rings is 1. The molecule has 5 heterocycles. The molecule has 3 atom stereocenters. The van der Waals surface area contributed by atoms with Gasteiger partial charge in [-0.25, -0.2) is 9.97 Å². The summed E-state index contributed by atoms with van der Waals surface area (Å²) in [5, 5.41) is 6.97. The van der Waals surface area contributed by atoms with E-state index in [2.05, 4.69) is 20.2 Å². The van der Waals surface area contributed by atoms with Crippen LogP contribution in [0.4, 0.5) is 13.2 Å². The van der Waals surface area contributed by atoms with Crippen LogP contribution in [0, 0.1) is 19.8 Å². The summed E-state index contributed by atoms with van der Waals surface area (Å²) in [6.07, 6.45) is 0.269. The smallest absolute Gasteiger partial charge is 0.326 e. The number of halogens is 3. The minimum atomic E-state index is -4.68. The first-order valence-corrected chi connectivity index (χ1v) is 10.9. The van der Waals surface area contributed by atoms with Gasteiger partial charge >= 0.3 is 6.18 Å². The quantitative estimate of drug-likeness (QED) is 0.616. The molecule has 1 amide bonds. The maximum absolute atomic E-state index is 13.9. The number of amides is 1. The van der Waals surface area contributed by atoms with Crippen molar-refractivity contribution < 1.29 is 18.0 Å². The van der Waals surface area contributed by atoms with Crippen molar-refractivity contribution >= 4 is 5.91 Å². The van der Waals surface area contributed by atoms with Crippen molar-refractivity contribution in [1.82, 2.24) is 30.0 Å². The van der Waals surface area contributed by atoms with Crippen molar-refractivity contribution in [1.29, 1.82) is 0 Å². The number of rotatable bonds is 2. The highest BCUT2D eigenvalue weighted by Gasteiger charge is 2.48. The summed E-state index contributed by atoms with van der Waals surface area (Å²) >= 11 is 0. The summed E-state index contributed by atoms with van der Waals surface area (Å²) in [6.45, 7) is 5.08. The molecule has 0 aromatic carbocycles. The van der Waals surface area contributed by atoms with Gasteiger partial charge in [-0.1, -0.05) is 6.92 Å². The van der Waals surface area contributed by atoms with E-state index in [1.54, 1.807) is 18.0 Å². The van der Waals surface area contributed by atoms with Gasteiger partial charge in [-0.3, -0.25) is 14.9 Å². The van der Waals surface area contributed by atoms with Crippen molar-refractivity contribution in [2.24, 2.45) is 5.92 Å². The third kappa shape index (κ3) is 3.48. The lowest BCUT2D eigenvalue weighted by Crippen LogP contribution is -2.53. The molecule has 2 bridgehead atoms. The number of fused-ring (bicyclic) bond motifs is 4. The molecule has 3 aromatic heterocycles. The second-order valence-electron chi connectivity index (χ2n) is 8.84. The minimum absolute atomic E-state index is 0.0328. The molecule has 0 radical (unpaired) electrons. The van der Waals surface area contributed by atoms with Crippen LogP contribution in [0.3, 0.4) is 0 Å². The fraction of sp³-hybridized carbons (Fsp3) is 0.435. The Morgan fingerprint density at radius 1 is 1.15 bits per heavy atom. The Morgan fingerprint density at radius 3 is 2.64 bits per heavy atom. The van der Waals surface area contributed by atoms with Gasteiger partial charge in [-0.05, 0) is 51.2 Å². The zero-order chi connectivity index (χ0) is 23.5. The number of nitrogens with one attached hydrogen (secondary N) is 1. The average molecular weight is 456 g/mol. The van der Waals surface area contributed by atoms with Crippen LogP contribution < -0.4 is 0 Å². The molecule has 5 rings (SSSR count). The molecule has 3 aromatic rings. The Labute approximate surface area is 188 Å². The van der Waals surface area contributed by atoms with Gasteiger partial charge in [0.05, 0.1) is 39.9 Å². The van der Waals surface area contributed by atoms with Gasteiger partial charge < -0.3 is 4.90 Å². The predicted octanol–water partition coefficient (Wildman–Crippen LogP) is 4.44. The summed E-state index contributed by atoms with van der Waals surface area (Å²) in [7, 11) is 0. The number of aromatic nitrogens is 5. The summed E-state index contributed by atoms with van der Waals surface area (Å²) in [5.41, 5.74) is 1.60. The van der Waals surface area contributed by atoms with Crippen molar-refractivity contribution in [2.45, 2.75) is 58.3 Å². The van der Waals surface area contributed by atoms with E-state index in [9.17, 15) is 18.0 Å². The highest BCUT2D eigenvalue weighted by Crippen LogP contribution is 2.47. The van der Waals surface area contributed by atoms with Crippen molar-refractivity contribution in [3.05, 3.63) is 58.4 Å². The minimum Gasteiger partial charge on any atom is -0.326 e. The van der Waals surface area contributed by atoms with Gasteiger partial charge in [0.1, 0.15) is 5.82 Å². The van der Waals surface area contributed by atoms with E-state index >= 15 is 0 Å². The second-order valence-corrected chi connectivity index (χ2v) is 8.84. The predicted molar refractivity (Wildman–Crippen MR) is 113 cm³/mol. The normalized spacial score (nSPS) is 22.2. The maximum atomic E-state index is 13.9. The molecule has 2 aliphatic heterocycles. The highest BCUT2D eigenvalue weighted by molar-refractivity contribution is 5.97. The molecule has 7 nitrogen and oxygen atoms in total. The number of carbonyl (C=O) groups excluding carboxylic acids is 1. The second kappa shape index (κ2) is 7.64. The Bertz CT molecular complexity index is 1220. The first-order valence-electron chi connectivity index (χ1n) is 10.9. The Balaban J connectivity index is 1.66. The highest BCUT2D eigenvalue weighted by atomic mass is 19.4. The Morgan fingerprint density at radius 2 is 1.94 bits per heavy atom. The number of alkyl halides is 3. The number of pyridine rings is 1. The lowest BCUT2D eigenvalue weighted by Gasteiger charge is -2.49. The number of aryl methyl sites for hydroxylation is 2. The number of carbonyl (C=O) groups is 1. The van der Waals surface area contributed by atoms with Gasteiger partial charge in [0.25, 0.3) is 5.91 Å². The van der Waals surface area contributed by atoms with E-state index in [-0.39, 0.29) is 23.2 Å². The average Bonchev–Trinajstić information content (AvgIpc) is 3.28. The number of nitrogens with zero attached hydrogens (tertiary/aromatic N) is 5. The van der Waals surface area contributed by atoms with Gasteiger partial charge in [0.2, 0.25) is 0 Å². The van der Waals surface area contributed by atoms with Crippen LogP contribution in [0.1, 0.15) is 64.5 Å². The SMILES string of the molecule is Cc1nc(-c2ccn[nH]2)c2c(n1)C1[C@H](C)CC[C@@H](C2)N1C(=O)c1ccnc(C)c1C(F)(F)F. The van der Waals surface area contributed by atoms with Crippen LogP contribution in [-0.2, 0) is 12.6 Å². The van der Waals surface area contributed by atoms with Crippen molar-refractivity contribution in [3.8, 4) is 11.4 Å². The van der Waals surface area contributed by atoms with E-state index in [1.165, 1.54) is 19.2 Å². The molecular weight excluding hydrogens is 433 g/mol. The molecule has 0 aliphatic carbocycles. The third-order valence-electron chi connectivity index (χ3n) is 6.70. The Kier molecular flexibility index (Phi) is 4.98. The first-order chi connectivity index (χ1) is 15.7. The van der Waals surface area contributed by atoms with Gasteiger partial charge in [-0.15, -0.1) is 0 Å². The fourth-order valence-corrected chi connectivity index (χ4v) is 5.30. The van der Waals surface area contributed by atoms with Crippen molar-refractivity contribution in [2.75, 3.05) is 0 Å². The standard InChI is InChI=1S/C23H23F3N6O/c1-11-4-5-14-10-16-19(17-7-9-28-31-17)29-13(3)30-20(16)21(11)32(14)22(33)15-6-8-27-12(2)18(15)23(24,25)26/h6-9,11,14,21H,4-5,10H2,1-3H3,(H,28,31)/t11-,14+,21?/m1/s1. The van der Waals surface area contributed by atoms with E-state index in [0.717, 1.165) is 23.4 Å². The molecule has 1 N–H and O–H groups in total. The van der Waals surface area contributed by atoms with Gasteiger partial charge in [0, 0.05) is 24.0 Å². The first kappa shape index (κ1) is 21.5. The molecule has 10 heteroatoms. The van der Waals surface area contributed by atoms with Crippen molar-refractivity contribution in [3.63, 3.8) is 0 Å². The number of hydrogen-bond acceptors (Lipinski definition) is 5. The van der Waals surface area contributed by atoms with Crippen LogP contribution in [-0.4, -0.2) is 42.0 Å². The van der Waals surface area contributed by atoms with Crippen LogP contribution in [0.15, 0.2) is 24.5 Å². The molecule has 0 spiro atoms. The molecule has 172 valence electrons. The number of H-pyrrole nitrogens is 1. The lowest BCUT2D eigenvalue weighted by atomic mass is 9.76. The summed E-state index contributed by atoms with van der Waals surface area (Å²) < 4.78 is 41.6. The maximum Gasteiger partial charge on any atom is 0.418 e. The topological polar surface area (TPSA) is 87.7 Å². The summed E-state index contributed by atoms with van der Waals surface area (Å²) in [6, 6.07) is 2.33.